The molecule has 0 spiro atoms. The van der Waals surface area contributed by atoms with Gasteiger partial charge in [-0.2, -0.15) is 0 Å². The Morgan fingerprint density at radius 2 is 1.54 bits per heavy atom. The van der Waals surface area contributed by atoms with Gasteiger partial charge in [0.2, 0.25) is 5.52 Å². The lowest BCUT2D eigenvalue weighted by atomic mass is 10.0. The number of aryl methyl sites for hydroxylation is 3. The fraction of sp³-hybridized carbons (Fsp3) is 0.333. The van der Waals surface area contributed by atoms with Gasteiger partial charge >= 0.3 is 5.71 Å². The summed E-state index contributed by atoms with van der Waals surface area (Å²) < 4.78 is 19.0. The Morgan fingerprint density at radius 1 is 1.00 bits per heavy atom. The van der Waals surface area contributed by atoms with Crippen LogP contribution < -0.4 is 5.30 Å². The molecule has 26 heavy (non-hydrogen) atoms. The minimum atomic E-state index is -4.10. The van der Waals surface area contributed by atoms with Crippen molar-refractivity contribution in [2.45, 2.75) is 34.6 Å². The second-order valence-corrected chi connectivity index (χ2v) is 9.50. The predicted molar refractivity (Wildman–Crippen MR) is 105 cm³/mol. The van der Waals surface area contributed by atoms with Gasteiger partial charge in [0.25, 0.3) is 7.14 Å². The molecular formula is C21H25O4P. The van der Waals surface area contributed by atoms with Gasteiger partial charge in [-0.1, -0.05) is 61.9 Å². The van der Waals surface area contributed by atoms with Crippen molar-refractivity contribution in [2.24, 2.45) is 5.92 Å². The first-order valence-corrected chi connectivity index (χ1v) is 10.3. The monoisotopic (exact) mass is 372 g/mol. The number of ether oxygens (including phenoxy) is 1. The van der Waals surface area contributed by atoms with E-state index in [0.717, 1.165) is 5.56 Å². The summed E-state index contributed by atoms with van der Waals surface area (Å²) >= 11 is 0. The third-order valence-corrected chi connectivity index (χ3v) is 6.56. The number of benzene rings is 2. The summed E-state index contributed by atoms with van der Waals surface area (Å²) in [5, 5.41) is 0.207. The van der Waals surface area contributed by atoms with Crippen LogP contribution in [-0.4, -0.2) is 17.8 Å². The van der Waals surface area contributed by atoms with Gasteiger partial charge < -0.3 is 4.74 Å². The molecule has 2 aromatic carbocycles. The summed E-state index contributed by atoms with van der Waals surface area (Å²) in [7, 11) is -4.10. The topological polar surface area (TPSA) is 60.4 Å². The van der Waals surface area contributed by atoms with Crippen molar-refractivity contribution in [1.82, 2.24) is 0 Å². The van der Waals surface area contributed by atoms with E-state index in [2.05, 4.69) is 0 Å². The number of carbonyl (C=O) groups excluding carboxylic acids is 2. The molecule has 138 valence electrons. The van der Waals surface area contributed by atoms with Crippen molar-refractivity contribution in [2.75, 3.05) is 6.61 Å². The average Bonchev–Trinajstić information content (AvgIpc) is 2.58. The minimum absolute atomic E-state index is 0.0844. The number of hydrogen-bond donors (Lipinski definition) is 0. The zero-order chi connectivity index (χ0) is 19.5. The SMILES string of the molecule is Cc1cc(C)c(C(=O)P(=O)(C(=O)OCC(C)C)c2ccccc2)c(C)c1. The third kappa shape index (κ3) is 3.96. The van der Waals surface area contributed by atoms with E-state index in [0.29, 0.717) is 16.7 Å². The summed E-state index contributed by atoms with van der Waals surface area (Å²) in [5.41, 5.74) is 1.16. The molecule has 1 atom stereocenters. The van der Waals surface area contributed by atoms with Gasteiger partial charge in [-0.05, 0) is 37.8 Å². The Morgan fingerprint density at radius 3 is 2.04 bits per heavy atom. The molecule has 0 saturated carbocycles. The van der Waals surface area contributed by atoms with E-state index in [4.69, 9.17) is 4.74 Å². The Labute approximate surface area is 154 Å². The summed E-state index contributed by atoms with van der Waals surface area (Å²) in [6, 6.07) is 11.9. The van der Waals surface area contributed by atoms with Crippen LogP contribution in [0.15, 0.2) is 42.5 Å². The maximum Gasteiger partial charge on any atom is 0.376 e. The van der Waals surface area contributed by atoms with Crippen LogP contribution in [0.3, 0.4) is 0 Å². The molecule has 0 radical (unpaired) electrons. The molecule has 0 amide bonds. The molecule has 4 nitrogen and oxygen atoms in total. The quantitative estimate of drug-likeness (QED) is 0.651. The van der Waals surface area contributed by atoms with Crippen molar-refractivity contribution in [1.29, 1.82) is 0 Å². The third-order valence-electron chi connectivity index (χ3n) is 4.09. The smallest absolute Gasteiger partial charge is 0.376 e. The van der Waals surface area contributed by atoms with Gasteiger partial charge in [0.05, 0.1) is 6.61 Å². The van der Waals surface area contributed by atoms with Gasteiger partial charge in [-0.3, -0.25) is 9.36 Å². The van der Waals surface area contributed by atoms with E-state index >= 15 is 0 Å². The Balaban J connectivity index is 2.60. The largest absolute Gasteiger partial charge is 0.459 e. The summed E-state index contributed by atoms with van der Waals surface area (Å²) in [4.78, 5) is 26.1. The Bertz CT molecular complexity index is 846. The number of carbonyl (C=O) groups is 2. The molecule has 0 aromatic heterocycles. The number of rotatable bonds is 6. The lowest BCUT2D eigenvalue weighted by Crippen LogP contribution is -2.23. The Hall–Kier alpha value is -2.19. The van der Waals surface area contributed by atoms with Crippen LogP contribution >= 0.6 is 7.14 Å². The van der Waals surface area contributed by atoms with Crippen LogP contribution in [-0.2, 0) is 9.30 Å². The van der Waals surface area contributed by atoms with Crippen LogP contribution in [0, 0.1) is 26.7 Å². The first kappa shape index (κ1) is 20.1. The maximum absolute atomic E-state index is 13.8. The van der Waals surface area contributed by atoms with Crippen LogP contribution in [0.4, 0.5) is 4.79 Å². The molecule has 0 heterocycles. The fourth-order valence-corrected chi connectivity index (χ4v) is 5.07. The van der Waals surface area contributed by atoms with Crippen molar-refractivity contribution in [3.63, 3.8) is 0 Å². The van der Waals surface area contributed by atoms with Crippen LogP contribution in [0.1, 0.15) is 40.9 Å². The van der Waals surface area contributed by atoms with Crippen molar-refractivity contribution >= 4 is 23.7 Å². The standard InChI is InChI=1S/C21H25O4P/c1-14(2)13-25-21(23)26(24,18-9-7-6-8-10-18)20(22)19-16(4)11-15(3)12-17(19)5/h6-12,14H,13H2,1-5H3. The van der Waals surface area contributed by atoms with Crippen molar-refractivity contribution in [3.05, 3.63) is 64.7 Å². The molecule has 1 unspecified atom stereocenters. The van der Waals surface area contributed by atoms with Crippen molar-refractivity contribution in [3.8, 4) is 0 Å². The molecule has 0 saturated heterocycles. The molecule has 0 aliphatic heterocycles. The highest BCUT2D eigenvalue weighted by Gasteiger charge is 2.45. The Kier molecular flexibility index (Phi) is 6.20. The maximum atomic E-state index is 13.8. The molecular weight excluding hydrogens is 347 g/mol. The van der Waals surface area contributed by atoms with E-state index in [9.17, 15) is 14.2 Å². The predicted octanol–water partition coefficient (Wildman–Crippen LogP) is 5.23. The normalized spacial score (nSPS) is 13.3. The van der Waals surface area contributed by atoms with Crippen LogP contribution in [0.2, 0.25) is 0 Å². The lowest BCUT2D eigenvalue weighted by Gasteiger charge is -2.19. The first-order valence-electron chi connectivity index (χ1n) is 8.63. The molecule has 0 aliphatic carbocycles. The second-order valence-electron chi connectivity index (χ2n) is 6.99. The molecule has 0 bridgehead atoms. The zero-order valence-corrected chi connectivity index (χ0v) is 16.8. The fourth-order valence-electron chi connectivity index (χ4n) is 2.95. The zero-order valence-electron chi connectivity index (χ0n) is 15.9. The molecule has 2 rings (SSSR count). The molecule has 0 fully saturated rings. The van der Waals surface area contributed by atoms with Crippen molar-refractivity contribution < 1.29 is 18.9 Å². The molecule has 0 N–H and O–H groups in total. The van der Waals surface area contributed by atoms with Crippen LogP contribution in [0.5, 0.6) is 0 Å². The second kappa shape index (κ2) is 8.01. The number of hydrogen-bond acceptors (Lipinski definition) is 4. The van der Waals surface area contributed by atoms with Gasteiger partial charge in [0.1, 0.15) is 0 Å². The van der Waals surface area contributed by atoms with Crippen LogP contribution in [0.25, 0.3) is 0 Å². The molecule has 2 aromatic rings. The van der Waals surface area contributed by atoms with E-state index in [1.54, 1.807) is 44.2 Å². The average molecular weight is 372 g/mol. The van der Waals surface area contributed by atoms with E-state index in [1.165, 1.54) is 0 Å². The van der Waals surface area contributed by atoms with E-state index in [-0.39, 0.29) is 17.8 Å². The van der Waals surface area contributed by atoms with Gasteiger partial charge in [-0.25, -0.2) is 4.79 Å². The summed E-state index contributed by atoms with van der Waals surface area (Å²) in [6.07, 6.45) is 0. The van der Waals surface area contributed by atoms with Gasteiger partial charge in [0.15, 0.2) is 0 Å². The van der Waals surface area contributed by atoms with E-state index in [1.807, 2.05) is 32.9 Å². The van der Waals surface area contributed by atoms with Gasteiger partial charge in [0, 0.05) is 10.9 Å². The lowest BCUT2D eigenvalue weighted by molar-refractivity contribution is 0.107. The highest BCUT2D eigenvalue weighted by molar-refractivity contribution is 8.00. The van der Waals surface area contributed by atoms with Gasteiger partial charge in [-0.15, -0.1) is 0 Å². The van der Waals surface area contributed by atoms with E-state index < -0.39 is 18.4 Å². The summed E-state index contributed by atoms with van der Waals surface area (Å²) in [5.74, 6) is 0.0844. The highest BCUT2D eigenvalue weighted by atomic mass is 31.2. The highest BCUT2D eigenvalue weighted by Crippen LogP contribution is 2.50. The molecule has 0 aliphatic rings. The minimum Gasteiger partial charge on any atom is -0.459 e. The molecule has 5 heteroatoms. The first-order chi connectivity index (χ1) is 12.2. The summed E-state index contributed by atoms with van der Waals surface area (Å²) in [6.45, 7) is 9.41.